The Bertz CT molecular complexity index is 1590. The molecule has 0 saturated carbocycles. The molecule has 1 aliphatic rings. The highest BCUT2D eigenvalue weighted by Crippen LogP contribution is 2.38. The second-order valence-electron chi connectivity index (χ2n) is 9.86. The number of halogens is 1. The van der Waals surface area contributed by atoms with Crippen LogP contribution in [0.4, 0.5) is 33.2 Å². The number of nitrogens with two attached hydrogens (primary N) is 1. The molecule has 0 unspecified atom stereocenters. The van der Waals surface area contributed by atoms with E-state index < -0.39 is 11.7 Å². The topological polar surface area (TPSA) is 143 Å². The Morgan fingerprint density at radius 2 is 2.05 bits per heavy atom. The first-order chi connectivity index (χ1) is 19.2. The fraction of sp³-hybridized carbons (Fsp3) is 0.286. The van der Waals surface area contributed by atoms with Crippen LogP contribution in [0.1, 0.15) is 28.8 Å². The molecule has 3 heterocycles. The maximum absolute atomic E-state index is 14.4. The van der Waals surface area contributed by atoms with Gasteiger partial charge in [-0.3, -0.25) is 19.9 Å². The van der Waals surface area contributed by atoms with Crippen LogP contribution in [0.25, 0.3) is 11.0 Å². The summed E-state index contributed by atoms with van der Waals surface area (Å²) in [6.07, 6.45) is 3.86. The van der Waals surface area contributed by atoms with Crippen molar-refractivity contribution >= 4 is 51.7 Å². The van der Waals surface area contributed by atoms with E-state index in [9.17, 15) is 14.0 Å². The Morgan fingerprint density at radius 3 is 2.80 bits per heavy atom. The number of hydrogen-bond acceptors (Lipinski definition) is 7. The number of amides is 2. The fourth-order valence-corrected chi connectivity index (χ4v) is 4.87. The second-order valence-corrected chi connectivity index (χ2v) is 9.86. The number of anilines is 5. The zero-order chi connectivity index (χ0) is 28.4. The van der Waals surface area contributed by atoms with Gasteiger partial charge in [0.1, 0.15) is 11.5 Å². The maximum atomic E-state index is 14.4. The number of benzene rings is 2. The van der Waals surface area contributed by atoms with Crippen molar-refractivity contribution in [2.45, 2.75) is 19.3 Å². The molecule has 4 aromatic rings. The van der Waals surface area contributed by atoms with E-state index >= 15 is 0 Å². The Hall–Kier alpha value is -4.71. The lowest BCUT2D eigenvalue weighted by molar-refractivity contribution is -0.333. The summed E-state index contributed by atoms with van der Waals surface area (Å²) in [4.78, 5) is 39.8. The summed E-state index contributed by atoms with van der Waals surface area (Å²) >= 11 is 0. The number of aromatic amines is 2. The number of nitrogens with one attached hydrogen (secondary N) is 4. The fourth-order valence-electron chi connectivity index (χ4n) is 4.87. The molecule has 5 rings (SSSR count). The van der Waals surface area contributed by atoms with Crippen molar-refractivity contribution in [3.8, 4) is 5.75 Å². The molecule has 0 aliphatic carbocycles. The van der Waals surface area contributed by atoms with Crippen LogP contribution < -0.4 is 31.0 Å². The highest BCUT2D eigenvalue weighted by atomic mass is 19.1. The Morgan fingerprint density at radius 1 is 1.23 bits per heavy atom. The predicted molar refractivity (Wildman–Crippen MR) is 151 cm³/mol. The summed E-state index contributed by atoms with van der Waals surface area (Å²) in [7, 11) is 5.48. The molecule has 2 aromatic carbocycles. The Kier molecular flexibility index (Phi) is 7.52. The number of rotatable bonds is 9. The largest absolute Gasteiger partial charge is 0.493 e. The number of ether oxygens (including phenoxy) is 1. The molecular formula is C28H32FN8O3+. The van der Waals surface area contributed by atoms with Crippen molar-refractivity contribution < 1.29 is 23.7 Å². The summed E-state index contributed by atoms with van der Waals surface area (Å²) in [5.74, 6) is -0.256. The van der Waals surface area contributed by atoms with E-state index in [-0.39, 0.29) is 17.2 Å². The number of primary amides is 1. The van der Waals surface area contributed by atoms with Gasteiger partial charge in [0.25, 0.3) is 5.91 Å². The van der Waals surface area contributed by atoms with Crippen molar-refractivity contribution in [1.29, 1.82) is 0 Å². The van der Waals surface area contributed by atoms with Crippen molar-refractivity contribution in [3.63, 3.8) is 0 Å². The number of fused-ring (bicyclic) bond motifs is 2. The highest BCUT2D eigenvalue weighted by Gasteiger charge is 2.26. The number of carbonyl (C=O) groups excluding carboxylic acids is 2. The number of aryl methyl sites for hydroxylation is 1. The minimum Gasteiger partial charge on any atom is -0.493 e. The van der Waals surface area contributed by atoms with E-state index in [1.807, 2.05) is 36.0 Å². The SMILES string of the molecule is COc1cc2c(cc1Nc1nc(Nc3cccc(F)c3C(N)=O)c3cc[nH]c3[nH+]1)N(C(=O)CCN(C)C)CCC2. The molecule has 0 saturated heterocycles. The quantitative estimate of drug-likeness (QED) is 0.252. The minimum absolute atomic E-state index is 0.0649. The van der Waals surface area contributed by atoms with Crippen LogP contribution in [0.5, 0.6) is 5.75 Å². The van der Waals surface area contributed by atoms with Gasteiger partial charge in [0.05, 0.1) is 29.4 Å². The summed E-state index contributed by atoms with van der Waals surface area (Å²) in [5.41, 5.74) is 8.49. The van der Waals surface area contributed by atoms with Gasteiger partial charge in [0.15, 0.2) is 5.75 Å². The van der Waals surface area contributed by atoms with Crippen molar-refractivity contribution in [3.05, 3.63) is 59.5 Å². The van der Waals surface area contributed by atoms with Crippen molar-refractivity contribution in [2.75, 3.05) is 49.8 Å². The first-order valence-corrected chi connectivity index (χ1v) is 12.9. The number of aromatic nitrogens is 3. The van der Waals surface area contributed by atoms with Crippen LogP contribution in [0.3, 0.4) is 0 Å². The Balaban J connectivity index is 1.51. The van der Waals surface area contributed by atoms with E-state index in [1.165, 1.54) is 12.1 Å². The van der Waals surface area contributed by atoms with Gasteiger partial charge in [-0.1, -0.05) is 11.1 Å². The third-order valence-corrected chi connectivity index (χ3v) is 6.83. The maximum Gasteiger partial charge on any atom is 0.351 e. The zero-order valence-corrected chi connectivity index (χ0v) is 22.6. The summed E-state index contributed by atoms with van der Waals surface area (Å²) in [6, 6.07) is 9.86. The van der Waals surface area contributed by atoms with Gasteiger partial charge in [0, 0.05) is 31.8 Å². The molecule has 208 valence electrons. The van der Waals surface area contributed by atoms with Crippen LogP contribution in [0.2, 0.25) is 0 Å². The molecule has 0 spiro atoms. The van der Waals surface area contributed by atoms with Gasteiger partial charge in [-0.15, -0.1) is 0 Å². The normalized spacial score (nSPS) is 12.9. The summed E-state index contributed by atoms with van der Waals surface area (Å²) in [5, 5.41) is 7.01. The van der Waals surface area contributed by atoms with Crippen LogP contribution in [-0.2, 0) is 11.2 Å². The van der Waals surface area contributed by atoms with Crippen LogP contribution in [-0.4, -0.2) is 61.0 Å². The van der Waals surface area contributed by atoms with Gasteiger partial charge in [-0.25, -0.2) is 9.37 Å². The lowest BCUT2D eigenvalue weighted by atomic mass is 10.00. The zero-order valence-electron chi connectivity index (χ0n) is 22.6. The van der Waals surface area contributed by atoms with Gasteiger partial charge in [0.2, 0.25) is 17.4 Å². The number of methoxy groups -OCH3 is 1. The molecule has 40 heavy (non-hydrogen) atoms. The highest BCUT2D eigenvalue weighted by molar-refractivity contribution is 6.00. The lowest BCUT2D eigenvalue weighted by Crippen LogP contribution is -2.37. The monoisotopic (exact) mass is 547 g/mol. The molecule has 1 aliphatic heterocycles. The number of H-pyrrole nitrogens is 2. The van der Waals surface area contributed by atoms with E-state index in [4.69, 9.17) is 10.5 Å². The average molecular weight is 548 g/mol. The average Bonchev–Trinajstić information content (AvgIpc) is 3.40. The number of nitrogens with zero attached hydrogens (tertiary/aromatic N) is 3. The first-order valence-electron chi connectivity index (χ1n) is 12.9. The molecule has 0 bridgehead atoms. The van der Waals surface area contributed by atoms with Gasteiger partial charge < -0.3 is 25.6 Å². The first kappa shape index (κ1) is 26.9. The van der Waals surface area contributed by atoms with Crippen LogP contribution in [0.15, 0.2) is 42.6 Å². The second kappa shape index (κ2) is 11.2. The minimum atomic E-state index is -0.893. The van der Waals surface area contributed by atoms with Gasteiger partial charge in [-0.05, 0) is 56.8 Å². The molecule has 0 fully saturated rings. The molecular weight excluding hydrogens is 515 g/mol. The number of hydrogen-bond donors (Lipinski definition) is 4. The molecule has 6 N–H and O–H groups in total. The van der Waals surface area contributed by atoms with Crippen LogP contribution >= 0.6 is 0 Å². The van der Waals surface area contributed by atoms with Gasteiger partial charge in [-0.2, -0.15) is 0 Å². The molecule has 0 radical (unpaired) electrons. The number of carbonyl (C=O) groups is 2. The van der Waals surface area contributed by atoms with Crippen LogP contribution in [0, 0.1) is 5.82 Å². The van der Waals surface area contributed by atoms with E-state index in [2.05, 4.69) is 25.6 Å². The molecule has 12 heteroatoms. The van der Waals surface area contributed by atoms with E-state index in [0.29, 0.717) is 53.7 Å². The summed E-state index contributed by atoms with van der Waals surface area (Å²) < 4.78 is 20.1. The molecule has 2 aromatic heterocycles. The molecule has 11 nitrogen and oxygen atoms in total. The predicted octanol–water partition coefficient (Wildman–Crippen LogP) is 3.34. The lowest BCUT2D eigenvalue weighted by Gasteiger charge is -2.30. The third-order valence-electron chi connectivity index (χ3n) is 6.83. The van der Waals surface area contributed by atoms with Crippen molar-refractivity contribution in [1.82, 2.24) is 14.9 Å². The standard InChI is InChI=1S/C28H31FN8O3/c1-36(2)13-10-23(38)37-12-5-6-16-14-22(40-3)20(15-21(16)37)33-28-34-26-17(9-11-31-26)27(35-28)32-19-8-4-7-18(29)24(19)25(30)39/h4,7-9,11,14-15H,5-6,10,12-13H2,1-3H3,(H2,30,39)(H3,31,32,33,34,35)/p+1. The van der Waals surface area contributed by atoms with Crippen molar-refractivity contribution in [2.24, 2.45) is 5.73 Å². The molecule has 2 amide bonds. The Labute approximate surface area is 230 Å². The van der Waals surface area contributed by atoms with Gasteiger partial charge >= 0.3 is 5.95 Å². The summed E-state index contributed by atoms with van der Waals surface area (Å²) in [6.45, 7) is 1.31. The third kappa shape index (κ3) is 5.38. The van der Waals surface area contributed by atoms with E-state index in [1.54, 1.807) is 25.4 Å². The smallest absolute Gasteiger partial charge is 0.351 e. The van der Waals surface area contributed by atoms with E-state index in [0.717, 1.165) is 24.1 Å². The molecule has 0 atom stereocenters.